The Kier molecular flexibility index (Phi) is 5.41. The van der Waals surface area contributed by atoms with Gasteiger partial charge in [0.1, 0.15) is 17.9 Å². The van der Waals surface area contributed by atoms with E-state index in [2.05, 4.69) is 30.7 Å². The molecule has 3 saturated carbocycles. The molecule has 2 atom stereocenters. The van der Waals surface area contributed by atoms with Gasteiger partial charge in [0.05, 0.1) is 12.3 Å². The summed E-state index contributed by atoms with van der Waals surface area (Å²) in [6, 6.07) is 2.68. The third-order valence-electron chi connectivity index (χ3n) is 6.30. The topological polar surface area (TPSA) is 132 Å². The van der Waals surface area contributed by atoms with Crippen LogP contribution in [-0.4, -0.2) is 63.0 Å². The predicted molar refractivity (Wildman–Crippen MR) is 108 cm³/mol. The van der Waals surface area contributed by atoms with Gasteiger partial charge in [-0.05, 0) is 25.2 Å². The van der Waals surface area contributed by atoms with Gasteiger partial charge in [0.2, 0.25) is 5.88 Å². The molecule has 1 aliphatic heterocycles. The number of hydrogen-bond donors (Lipinski definition) is 3. The number of carbonyl (C=O) groups excluding carboxylic acids is 2. The van der Waals surface area contributed by atoms with Crippen molar-refractivity contribution in [2.45, 2.75) is 49.6 Å². The molecule has 0 aromatic carbocycles. The van der Waals surface area contributed by atoms with Crippen molar-refractivity contribution in [2.24, 2.45) is 13.0 Å². The molecule has 2 amide bonds. The van der Waals surface area contributed by atoms with Crippen LogP contribution in [0.15, 0.2) is 12.1 Å². The van der Waals surface area contributed by atoms with Crippen LogP contribution in [-0.2, 0) is 16.5 Å². The van der Waals surface area contributed by atoms with Crippen LogP contribution in [0, 0.1) is 5.92 Å². The summed E-state index contributed by atoms with van der Waals surface area (Å²) in [5.74, 6) is -0.0181. The first-order chi connectivity index (χ1) is 16.1. The molecule has 2 bridgehead atoms. The Morgan fingerprint density at radius 2 is 2.09 bits per heavy atom. The number of halogens is 3. The van der Waals surface area contributed by atoms with Crippen molar-refractivity contribution in [3.8, 4) is 5.88 Å². The Hall–Kier alpha value is -3.29. The van der Waals surface area contributed by atoms with Crippen LogP contribution in [0.5, 0.6) is 5.88 Å². The Morgan fingerprint density at radius 3 is 2.76 bits per heavy atom. The lowest BCUT2D eigenvalue weighted by molar-refractivity contribution is -0.154. The summed E-state index contributed by atoms with van der Waals surface area (Å²) in [6.07, 6.45) is -2.24. The fourth-order valence-electron chi connectivity index (χ4n) is 4.55. The molecule has 184 valence electrons. The molecule has 6 rings (SSSR count). The van der Waals surface area contributed by atoms with E-state index in [4.69, 9.17) is 9.47 Å². The normalized spacial score (nSPS) is 27.5. The van der Waals surface area contributed by atoms with E-state index in [-0.39, 0.29) is 29.5 Å². The molecular formula is C20H23F3N6O5. The standard InChI is InChI=1S/C20H23F3N6O5/c1-29-13(4-16(28-29)33-9-20(21,22)23)17(30)24-15-3-12(26-27-15)14-2-11(8-32-14)34-18(31)25-19-5-10(6-19)7-19/h3-4,10-11,14H,2,5-9H2,1H3,(H,25,31)(H2,24,26,27,30). The van der Waals surface area contributed by atoms with E-state index in [9.17, 15) is 22.8 Å². The molecule has 3 heterocycles. The zero-order chi connectivity index (χ0) is 24.1. The lowest BCUT2D eigenvalue weighted by Gasteiger charge is -2.61. The number of alkyl halides is 3. The zero-order valence-corrected chi connectivity index (χ0v) is 18.1. The maximum atomic E-state index is 12.5. The van der Waals surface area contributed by atoms with Crippen LogP contribution in [0.3, 0.4) is 0 Å². The van der Waals surface area contributed by atoms with E-state index in [0.717, 1.165) is 35.9 Å². The lowest BCUT2D eigenvalue weighted by Crippen LogP contribution is -2.68. The third kappa shape index (κ3) is 4.67. The highest BCUT2D eigenvalue weighted by molar-refractivity contribution is 6.02. The maximum absolute atomic E-state index is 12.5. The molecule has 3 aliphatic carbocycles. The first kappa shape index (κ1) is 22.5. The summed E-state index contributed by atoms with van der Waals surface area (Å²) < 4.78 is 53.8. The number of rotatable bonds is 7. The Bertz CT molecular complexity index is 1080. The van der Waals surface area contributed by atoms with Crippen LogP contribution in [0.1, 0.15) is 48.0 Å². The smallest absolute Gasteiger partial charge is 0.422 e. The molecule has 3 N–H and O–H groups in total. The van der Waals surface area contributed by atoms with Crippen LogP contribution in [0.2, 0.25) is 0 Å². The lowest BCUT2D eigenvalue weighted by atomic mass is 9.50. The molecule has 34 heavy (non-hydrogen) atoms. The van der Waals surface area contributed by atoms with Crippen LogP contribution < -0.4 is 15.4 Å². The molecule has 11 nitrogen and oxygen atoms in total. The van der Waals surface area contributed by atoms with Crippen molar-refractivity contribution >= 4 is 17.8 Å². The van der Waals surface area contributed by atoms with E-state index in [1.54, 1.807) is 6.07 Å². The Morgan fingerprint density at radius 1 is 1.32 bits per heavy atom. The average Bonchev–Trinajstić information content (AvgIpc) is 3.41. The maximum Gasteiger partial charge on any atom is 0.422 e. The molecule has 14 heteroatoms. The van der Waals surface area contributed by atoms with Gasteiger partial charge in [0, 0.05) is 31.1 Å². The van der Waals surface area contributed by atoms with Gasteiger partial charge in [-0.2, -0.15) is 18.3 Å². The number of hydrogen-bond acceptors (Lipinski definition) is 7. The fraction of sp³-hybridized carbons (Fsp3) is 0.600. The van der Waals surface area contributed by atoms with Gasteiger partial charge in [-0.15, -0.1) is 5.10 Å². The van der Waals surface area contributed by atoms with Crippen LogP contribution in [0.25, 0.3) is 0 Å². The van der Waals surface area contributed by atoms with Crippen molar-refractivity contribution in [1.29, 1.82) is 0 Å². The predicted octanol–water partition coefficient (Wildman–Crippen LogP) is 2.45. The molecule has 4 fully saturated rings. The van der Waals surface area contributed by atoms with Gasteiger partial charge in [0.25, 0.3) is 5.91 Å². The molecule has 0 spiro atoms. The van der Waals surface area contributed by atoms with Gasteiger partial charge in [-0.3, -0.25) is 14.6 Å². The highest BCUT2D eigenvalue weighted by Crippen LogP contribution is 2.56. The molecule has 2 aromatic heterocycles. The number of aromatic amines is 1. The second-order valence-electron chi connectivity index (χ2n) is 9.03. The first-order valence-electron chi connectivity index (χ1n) is 10.8. The quantitative estimate of drug-likeness (QED) is 0.550. The largest absolute Gasteiger partial charge is 0.467 e. The fourth-order valence-corrected chi connectivity index (χ4v) is 4.55. The number of nitrogens with one attached hydrogen (secondary N) is 3. The number of carbonyl (C=O) groups is 2. The highest BCUT2D eigenvalue weighted by Gasteiger charge is 2.57. The minimum atomic E-state index is -4.52. The number of aromatic nitrogens is 4. The van der Waals surface area contributed by atoms with E-state index < -0.39 is 37.0 Å². The molecule has 4 aliphatic rings. The molecule has 1 saturated heterocycles. The number of amides is 2. The number of H-pyrrole nitrogens is 1. The molecule has 2 aromatic rings. The Balaban J connectivity index is 1.12. The third-order valence-corrected chi connectivity index (χ3v) is 6.30. The minimum absolute atomic E-state index is 0.0120. The van der Waals surface area contributed by atoms with Crippen molar-refractivity contribution in [3.05, 3.63) is 23.5 Å². The average molecular weight is 484 g/mol. The molecular weight excluding hydrogens is 461 g/mol. The number of aryl methyl sites for hydroxylation is 1. The minimum Gasteiger partial charge on any atom is -0.467 e. The first-order valence-corrected chi connectivity index (χ1v) is 10.8. The van der Waals surface area contributed by atoms with E-state index in [1.165, 1.54) is 7.05 Å². The van der Waals surface area contributed by atoms with E-state index >= 15 is 0 Å². The van der Waals surface area contributed by atoms with Gasteiger partial charge in [-0.25, -0.2) is 4.79 Å². The van der Waals surface area contributed by atoms with Crippen molar-refractivity contribution in [1.82, 2.24) is 25.3 Å². The van der Waals surface area contributed by atoms with Crippen molar-refractivity contribution < 1.29 is 37.0 Å². The summed E-state index contributed by atoms with van der Waals surface area (Å²) in [6.45, 7) is -1.27. The van der Waals surface area contributed by atoms with Gasteiger partial charge >= 0.3 is 12.3 Å². The monoisotopic (exact) mass is 484 g/mol. The van der Waals surface area contributed by atoms with Gasteiger partial charge in [0.15, 0.2) is 12.4 Å². The second kappa shape index (κ2) is 8.18. The van der Waals surface area contributed by atoms with Gasteiger partial charge in [-0.1, -0.05) is 0 Å². The number of nitrogens with zero attached hydrogens (tertiary/aromatic N) is 3. The summed E-state index contributed by atoms with van der Waals surface area (Å²) in [5.41, 5.74) is 0.512. The van der Waals surface area contributed by atoms with Crippen LogP contribution >= 0.6 is 0 Å². The molecule has 2 unspecified atom stereocenters. The second-order valence-corrected chi connectivity index (χ2v) is 9.03. The summed E-state index contributed by atoms with van der Waals surface area (Å²) >= 11 is 0. The summed E-state index contributed by atoms with van der Waals surface area (Å²) in [5, 5.41) is 16.0. The summed E-state index contributed by atoms with van der Waals surface area (Å²) in [7, 11) is 1.40. The van der Waals surface area contributed by atoms with Crippen LogP contribution in [0.4, 0.5) is 23.8 Å². The highest BCUT2D eigenvalue weighted by atomic mass is 19.4. The van der Waals surface area contributed by atoms with Crippen molar-refractivity contribution in [3.63, 3.8) is 0 Å². The SMILES string of the molecule is Cn1nc(OCC(F)(F)F)cc1C(=O)Nc1cc(C2CC(OC(=O)NC34CC(C3)C4)CO2)[nH]n1. The number of ether oxygens (including phenoxy) is 3. The number of anilines is 1. The zero-order valence-electron chi connectivity index (χ0n) is 18.1. The Labute approximate surface area is 191 Å². The van der Waals surface area contributed by atoms with E-state index in [1.807, 2.05) is 0 Å². The van der Waals surface area contributed by atoms with Crippen molar-refractivity contribution in [2.75, 3.05) is 18.5 Å². The van der Waals surface area contributed by atoms with E-state index in [0.29, 0.717) is 12.1 Å². The van der Waals surface area contributed by atoms with Gasteiger partial charge < -0.3 is 24.8 Å². The molecule has 0 radical (unpaired) electrons. The number of alkyl carbamates (subject to hydrolysis) is 1. The summed E-state index contributed by atoms with van der Waals surface area (Å²) in [4.78, 5) is 24.6.